The van der Waals surface area contributed by atoms with E-state index in [2.05, 4.69) is 9.97 Å². The SMILES string of the molecule is CC(N)(COC(=O)C(N)Cc1cnc[nH]1)C(=O)O. The number of hydrogen-bond acceptors (Lipinski definition) is 6. The van der Waals surface area contributed by atoms with Crippen LogP contribution in [0, 0.1) is 0 Å². The predicted molar refractivity (Wildman–Crippen MR) is 61.5 cm³/mol. The minimum atomic E-state index is -1.62. The lowest BCUT2D eigenvalue weighted by molar-refractivity contribution is -0.152. The smallest absolute Gasteiger partial charge is 0.326 e. The first-order valence-electron chi connectivity index (χ1n) is 5.24. The molecule has 0 amide bonds. The zero-order valence-corrected chi connectivity index (χ0v) is 9.92. The fourth-order valence-corrected chi connectivity index (χ4v) is 1.11. The molecule has 8 heteroatoms. The van der Waals surface area contributed by atoms with Crippen molar-refractivity contribution in [2.45, 2.75) is 24.9 Å². The van der Waals surface area contributed by atoms with E-state index in [0.717, 1.165) is 0 Å². The Labute approximate surface area is 103 Å². The first-order valence-corrected chi connectivity index (χ1v) is 5.24. The number of aliphatic carboxylic acids is 1. The van der Waals surface area contributed by atoms with Crippen molar-refractivity contribution in [1.82, 2.24) is 9.97 Å². The number of carbonyl (C=O) groups excluding carboxylic acids is 1. The lowest BCUT2D eigenvalue weighted by Gasteiger charge is -2.20. The van der Waals surface area contributed by atoms with Crippen molar-refractivity contribution in [3.63, 3.8) is 0 Å². The maximum atomic E-state index is 11.5. The average molecular weight is 256 g/mol. The molecule has 100 valence electrons. The summed E-state index contributed by atoms with van der Waals surface area (Å²) in [5.74, 6) is -1.96. The number of carboxylic acid groups (broad SMARTS) is 1. The number of imidazole rings is 1. The standard InChI is InChI=1S/C10H16N4O4/c1-10(12,9(16)17)4-18-8(15)7(11)2-6-3-13-5-14-6/h3,5,7H,2,4,11-12H2,1H3,(H,13,14)(H,16,17). The van der Waals surface area contributed by atoms with E-state index in [0.29, 0.717) is 5.69 Å². The van der Waals surface area contributed by atoms with Crippen LogP contribution in [0.15, 0.2) is 12.5 Å². The Morgan fingerprint density at radius 2 is 2.33 bits per heavy atom. The molecular formula is C10H16N4O4. The summed E-state index contributed by atoms with van der Waals surface area (Å²) in [7, 11) is 0. The van der Waals surface area contributed by atoms with Crippen LogP contribution in [0.2, 0.25) is 0 Å². The summed E-state index contributed by atoms with van der Waals surface area (Å²) in [4.78, 5) is 28.8. The highest BCUT2D eigenvalue weighted by Gasteiger charge is 2.30. The van der Waals surface area contributed by atoms with Gasteiger partial charge in [-0.05, 0) is 6.92 Å². The molecule has 0 aromatic carbocycles. The van der Waals surface area contributed by atoms with Gasteiger partial charge in [0, 0.05) is 18.3 Å². The highest BCUT2D eigenvalue weighted by Crippen LogP contribution is 2.03. The van der Waals surface area contributed by atoms with Gasteiger partial charge in [0.05, 0.1) is 6.33 Å². The van der Waals surface area contributed by atoms with Gasteiger partial charge in [-0.25, -0.2) is 4.98 Å². The van der Waals surface area contributed by atoms with Crippen molar-refractivity contribution in [3.05, 3.63) is 18.2 Å². The van der Waals surface area contributed by atoms with Crippen LogP contribution in [0.5, 0.6) is 0 Å². The van der Waals surface area contributed by atoms with Crippen LogP contribution in [0.3, 0.4) is 0 Å². The molecule has 1 aromatic rings. The third-order valence-electron chi connectivity index (χ3n) is 2.30. The Morgan fingerprint density at radius 3 is 2.83 bits per heavy atom. The van der Waals surface area contributed by atoms with E-state index in [1.807, 2.05) is 0 Å². The number of carboxylic acids is 1. The first-order chi connectivity index (χ1) is 8.33. The van der Waals surface area contributed by atoms with Crippen molar-refractivity contribution in [3.8, 4) is 0 Å². The fraction of sp³-hybridized carbons (Fsp3) is 0.500. The molecule has 0 saturated heterocycles. The summed E-state index contributed by atoms with van der Waals surface area (Å²) in [5, 5.41) is 8.74. The lowest BCUT2D eigenvalue weighted by atomic mass is 10.1. The topological polar surface area (TPSA) is 144 Å². The first kappa shape index (κ1) is 14.1. The van der Waals surface area contributed by atoms with Crippen LogP contribution >= 0.6 is 0 Å². The van der Waals surface area contributed by atoms with Gasteiger partial charge in [0.15, 0.2) is 0 Å². The molecule has 1 heterocycles. The summed E-state index contributed by atoms with van der Waals surface area (Å²) in [6, 6.07) is -0.893. The van der Waals surface area contributed by atoms with E-state index < -0.39 is 30.1 Å². The highest BCUT2D eigenvalue weighted by molar-refractivity contribution is 5.80. The second-order valence-corrected chi connectivity index (χ2v) is 4.22. The zero-order valence-electron chi connectivity index (χ0n) is 9.92. The van der Waals surface area contributed by atoms with E-state index in [1.165, 1.54) is 19.4 Å². The Bertz CT molecular complexity index is 416. The Hall–Kier alpha value is -1.93. The molecule has 1 rings (SSSR count). The number of aromatic nitrogens is 2. The third-order valence-corrected chi connectivity index (χ3v) is 2.30. The number of H-pyrrole nitrogens is 1. The van der Waals surface area contributed by atoms with Gasteiger partial charge in [-0.2, -0.15) is 0 Å². The Balaban J connectivity index is 2.43. The third kappa shape index (κ3) is 3.82. The molecular weight excluding hydrogens is 240 g/mol. The molecule has 0 aliphatic rings. The van der Waals surface area contributed by atoms with E-state index in [4.69, 9.17) is 21.3 Å². The maximum absolute atomic E-state index is 11.5. The number of hydrogen-bond donors (Lipinski definition) is 4. The van der Waals surface area contributed by atoms with Crippen LogP contribution in [0.1, 0.15) is 12.6 Å². The summed E-state index contributed by atoms with van der Waals surface area (Å²) >= 11 is 0. The summed E-state index contributed by atoms with van der Waals surface area (Å²) in [6.07, 6.45) is 3.24. The van der Waals surface area contributed by atoms with Gasteiger partial charge in [0.1, 0.15) is 18.2 Å². The molecule has 0 aliphatic heterocycles. The molecule has 0 bridgehead atoms. The number of rotatable bonds is 6. The molecule has 0 spiro atoms. The average Bonchev–Trinajstić information content (AvgIpc) is 2.78. The van der Waals surface area contributed by atoms with Gasteiger partial charge in [0.25, 0.3) is 0 Å². The van der Waals surface area contributed by atoms with Crippen molar-refractivity contribution in [2.75, 3.05) is 6.61 Å². The number of aromatic amines is 1. The van der Waals surface area contributed by atoms with Gasteiger partial charge >= 0.3 is 11.9 Å². The van der Waals surface area contributed by atoms with Crippen molar-refractivity contribution < 1.29 is 19.4 Å². The fourth-order valence-electron chi connectivity index (χ4n) is 1.11. The molecule has 2 unspecified atom stereocenters. The van der Waals surface area contributed by atoms with E-state index in [-0.39, 0.29) is 6.42 Å². The second-order valence-electron chi connectivity index (χ2n) is 4.22. The molecule has 0 fully saturated rings. The zero-order chi connectivity index (χ0) is 13.8. The largest absolute Gasteiger partial charge is 0.480 e. The minimum absolute atomic E-state index is 0.229. The molecule has 0 saturated carbocycles. The van der Waals surface area contributed by atoms with E-state index in [1.54, 1.807) is 0 Å². The summed E-state index contributed by atoms with van der Waals surface area (Å²) in [5.41, 5.74) is 10.1. The number of nitrogens with one attached hydrogen (secondary N) is 1. The van der Waals surface area contributed by atoms with Crippen LogP contribution < -0.4 is 11.5 Å². The molecule has 1 aromatic heterocycles. The molecule has 8 nitrogen and oxygen atoms in total. The van der Waals surface area contributed by atoms with E-state index in [9.17, 15) is 9.59 Å². The van der Waals surface area contributed by atoms with Gasteiger partial charge in [-0.3, -0.25) is 9.59 Å². The van der Waals surface area contributed by atoms with Crippen LogP contribution in [0.25, 0.3) is 0 Å². The number of nitrogens with zero attached hydrogens (tertiary/aromatic N) is 1. The normalized spacial score (nSPS) is 15.7. The van der Waals surface area contributed by atoms with Crippen molar-refractivity contribution in [2.24, 2.45) is 11.5 Å². The summed E-state index contributed by atoms with van der Waals surface area (Å²) < 4.78 is 4.77. The lowest BCUT2D eigenvalue weighted by Crippen LogP contribution is -2.50. The highest BCUT2D eigenvalue weighted by atomic mass is 16.5. The molecule has 2 atom stereocenters. The number of esters is 1. The van der Waals surface area contributed by atoms with Crippen LogP contribution in [-0.2, 0) is 20.7 Å². The van der Waals surface area contributed by atoms with Gasteiger partial charge in [0.2, 0.25) is 0 Å². The predicted octanol–water partition coefficient (Wildman–Crippen LogP) is -1.38. The van der Waals surface area contributed by atoms with Gasteiger partial charge in [-0.1, -0.05) is 0 Å². The second kappa shape index (κ2) is 5.61. The minimum Gasteiger partial charge on any atom is -0.480 e. The summed E-state index contributed by atoms with van der Waals surface area (Å²) in [6.45, 7) is 0.820. The number of carbonyl (C=O) groups is 2. The van der Waals surface area contributed by atoms with Crippen molar-refractivity contribution >= 4 is 11.9 Å². The quantitative estimate of drug-likeness (QED) is 0.459. The number of nitrogens with two attached hydrogens (primary N) is 2. The van der Waals surface area contributed by atoms with E-state index >= 15 is 0 Å². The molecule has 6 N–H and O–H groups in total. The Kier molecular flexibility index (Phi) is 4.40. The monoisotopic (exact) mass is 256 g/mol. The van der Waals surface area contributed by atoms with Gasteiger partial charge in [-0.15, -0.1) is 0 Å². The Morgan fingerprint density at radius 1 is 1.67 bits per heavy atom. The number of ether oxygens (including phenoxy) is 1. The molecule has 0 radical (unpaired) electrons. The van der Waals surface area contributed by atoms with Gasteiger partial charge < -0.3 is 26.3 Å². The van der Waals surface area contributed by atoms with Crippen LogP contribution in [-0.4, -0.2) is 45.2 Å². The molecule has 0 aliphatic carbocycles. The molecule has 18 heavy (non-hydrogen) atoms. The van der Waals surface area contributed by atoms with Crippen molar-refractivity contribution in [1.29, 1.82) is 0 Å². The maximum Gasteiger partial charge on any atom is 0.326 e. The van der Waals surface area contributed by atoms with Crippen LogP contribution in [0.4, 0.5) is 0 Å².